The first-order valence-electron chi connectivity index (χ1n) is 7.68. The van der Waals surface area contributed by atoms with Crippen molar-refractivity contribution in [3.05, 3.63) is 65.2 Å². The first-order valence-corrected chi connectivity index (χ1v) is 7.68. The van der Waals surface area contributed by atoms with Crippen molar-refractivity contribution in [3.63, 3.8) is 0 Å². The summed E-state index contributed by atoms with van der Waals surface area (Å²) in [5.41, 5.74) is 3.71. The van der Waals surface area contributed by atoms with Crippen LogP contribution in [0.1, 0.15) is 35.3 Å². The minimum atomic E-state index is -0.279. The number of para-hydroxylation sites is 1. The van der Waals surface area contributed by atoms with Crippen molar-refractivity contribution in [3.8, 4) is 0 Å². The minimum Gasteiger partial charge on any atom is -0.394 e. The fraction of sp³-hybridized carbons (Fsp3) is 0.316. The van der Waals surface area contributed by atoms with E-state index in [2.05, 4.69) is 6.92 Å². The maximum absolute atomic E-state index is 13.0. The second-order valence-electron chi connectivity index (χ2n) is 5.51. The summed E-state index contributed by atoms with van der Waals surface area (Å²) in [4.78, 5) is 14.7. The molecule has 116 valence electrons. The van der Waals surface area contributed by atoms with Gasteiger partial charge in [-0.3, -0.25) is 4.79 Å². The molecule has 0 heterocycles. The predicted octanol–water partition coefficient (Wildman–Crippen LogP) is 3.59. The van der Waals surface area contributed by atoms with Crippen LogP contribution in [0.25, 0.3) is 0 Å². The Labute approximate surface area is 132 Å². The second-order valence-corrected chi connectivity index (χ2v) is 5.51. The lowest BCUT2D eigenvalue weighted by atomic mass is 10.0. The van der Waals surface area contributed by atoms with Gasteiger partial charge in [0.15, 0.2) is 0 Å². The third-order valence-electron chi connectivity index (χ3n) is 3.89. The summed E-state index contributed by atoms with van der Waals surface area (Å²) < 4.78 is 0. The third kappa shape index (κ3) is 3.20. The monoisotopic (exact) mass is 297 g/mol. The molecule has 0 radical (unpaired) electrons. The fourth-order valence-corrected chi connectivity index (χ4v) is 2.67. The lowest BCUT2D eigenvalue weighted by Crippen LogP contribution is -2.42. The quantitative estimate of drug-likeness (QED) is 0.916. The van der Waals surface area contributed by atoms with Crippen molar-refractivity contribution in [2.75, 3.05) is 11.5 Å². The minimum absolute atomic E-state index is 0.0734. The average Bonchev–Trinajstić information content (AvgIpc) is 2.56. The molecular weight excluding hydrogens is 274 g/mol. The van der Waals surface area contributed by atoms with E-state index in [-0.39, 0.29) is 18.6 Å². The molecule has 22 heavy (non-hydrogen) atoms. The summed E-state index contributed by atoms with van der Waals surface area (Å²) in [7, 11) is 0. The van der Waals surface area contributed by atoms with Gasteiger partial charge in [0.1, 0.15) is 0 Å². The van der Waals surface area contributed by atoms with E-state index in [1.165, 1.54) is 0 Å². The topological polar surface area (TPSA) is 40.5 Å². The number of aliphatic hydroxyl groups is 1. The summed E-state index contributed by atoms with van der Waals surface area (Å²) in [5, 5.41) is 9.62. The number of carbonyl (C=O) groups is 1. The Kier molecular flexibility index (Phi) is 5.34. The van der Waals surface area contributed by atoms with E-state index in [0.29, 0.717) is 5.56 Å². The highest BCUT2D eigenvalue weighted by Crippen LogP contribution is 2.29. The normalized spacial score (nSPS) is 12.0. The number of aliphatic hydroxyl groups excluding tert-OH is 1. The number of hydrogen-bond acceptors (Lipinski definition) is 2. The highest BCUT2D eigenvalue weighted by Gasteiger charge is 2.25. The van der Waals surface area contributed by atoms with Crippen LogP contribution in [-0.4, -0.2) is 23.7 Å². The molecule has 0 fully saturated rings. The molecule has 2 rings (SSSR count). The van der Waals surface area contributed by atoms with Gasteiger partial charge in [-0.1, -0.05) is 43.3 Å². The van der Waals surface area contributed by atoms with Gasteiger partial charge in [0.25, 0.3) is 5.91 Å². The number of rotatable bonds is 5. The van der Waals surface area contributed by atoms with Crippen molar-refractivity contribution in [2.24, 2.45) is 0 Å². The van der Waals surface area contributed by atoms with Crippen molar-refractivity contribution in [1.82, 2.24) is 0 Å². The Hall–Kier alpha value is -2.13. The van der Waals surface area contributed by atoms with Crippen LogP contribution in [-0.2, 0) is 6.42 Å². The van der Waals surface area contributed by atoms with Gasteiger partial charge in [-0.2, -0.15) is 0 Å². The fourth-order valence-electron chi connectivity index (χ4n) is 2.67. The summed E-state index contributed by atoms with van der Waals surface area (Å²) in [5.74, 6) is -0.0776. The van der Waals surface area contributed by atoms with Crippen molar-refractivity contribution >= 4 is 11.6 Å². The number of hydrogen-bond donors (Lipinski definition) is 1. The lowest BCUT2D eigenvalue weighted by molar-refractivity contribution is 0.0966. The zero-order valence-electron chi connectivity index (χ0n) is 13.4. The lowest BCUT2D eigenvalue weighted by Gasteiger charge is -2.31. The smallest absolute Gasteiger partial charge is 0.258 e. The zero-order valence-corrected chi connectivity index (χ0v) is 13.4. The number of amides is 1. The highest BCUT2D eigenvalue weighted by atomic mass is 16.3. The van der Waals surface area contributed by atoms with Crippen LogP contribution >= 0.6 is 0 Å². The molecule has 0 saturated carbocycles. The molecule has 0 spiro atoms. The Morgan fingerprint density at radius 2 is 1.82 bits per heavy atom. The first-order chi connectivity index (χ1) is 10.6. The summed E-state index contributed by atoms with van der Waals surface area (Å²) in [6.07, 6.45) is 0.841. The van der Waals surface area contributed by atoms with Gasteiger partial charge in [-0.05, 0) is 43.5 Å². The van der Waals surface area contributed by atoms with E-state index in [9.17, 15) is 9.90 Å². The molecule has 0 aliphatic rings. The number of aryl methyl sites for hydroxylation is 2. The number of nitrogens with zero attached hydrogens (tertiary/aromatic N) is 1. The second kappa shape index (κ2) is 7.23. The van der Waals surface area contributed by atoms with E-state index in [1.807, 2.05) is 62.4 Å². The van der Waals surface area contributed by atoms with Crippen molar-refractivity contribution in [2.45, 2.75) is 33.2 Å². The zero-order chi connectivity index (χ0) is 16.1. The highest BCUT2D eigenvalue weighted by molar-refractivity contribution is 6.07. The Morgan fingerprint density at radius 3 is 2.41 bits per heavy atom. The Balaban J connectivity index is 2.55. The summed E-state index contributed by atoms with van der Waals surface area (Å²) in [6.45, 7) is 5.87. The third-order valence-corrected chi connectivity index (χ3v) is 3.89. The van der Waals surface area contributed by atoms with E-state index in [0.717, 1.165) is 23.2 Å². The Morgan fingerprint density at radius 1 is 1.14 bits per heavy atom. The van der Waals surface area contributed by atoms with E-state index in [4.69, 9.17) is 0 Å². The van der Waals surface area contributed by atoms with Crippen LogP contribution in [0.4, 0.5) is 5.69 Å². The van der Waals surface area contributed by atoms with E-state index < -0.39 is 0 Å². The summed E-state index contributed by atoms with van der Waals surface area (Å²) >= 11 is 0. The van der Waals surface area contributed by atoms with Gasteiger partial charge >= 0.3 is 0 Å². The number of benzene rings is 2. The number of anilines is 1. The standard InChI is InChI=1S/C19H23NO2/c1-4-16-12-8-9-14(2)18(16)20(15(3)13-21)19(22)17-10-6-5-7-11-17/h5-12,15,21H,4,13H2,1-3H3. The van der Waals surface area contributed by atoms with Gasteiger partial charge < -0.3 is 10.0 Å². The maximum Gasteiger partial charge on any atom is 0.258 e. The number of carbonyl (C=O) groups excluding carboxylic acids is 1. The SMILES string of the molecule is CCc1cccc(C)c1N(C(=O)c1ccccc1)C(C)CO. The molecule has 1 N–H and O–H groups in total. The molecule has 3 nitrogen and oxygen atoms in total. The molecule has 0 aliphatic carbocycles. The molecule has 0 saturated heterocycles. The van der Waals surface area contributed by atoms with Crippen LogP contribution in [0.15, 0.2) is 48.5 Å². The van der Waals surface area contributed by atoms with Crippen molar-refractivity contribution < 1.29 is 9.90 Å². The van der Waals surface area contributed by atoms with Crippen molar-refractivity contribution in [1.29, 1.82) is 0 Å². The van der Waals surface area contributed by atoms with Gasteiger partial charge in [0.2, 0.25) is 0 Å². The Bertz CT molecular complexity index is 637. The average molecular weight is 297 g/mol. The van der Waals surface area contributed by atoms with Crippen LogP contribution in [0.2, 0.25) is 0 Å². The van der Waals surface area contributed by atoms with Crippen LogP contribution in [0.3, 0.4) is 0 Å². The molecule has 1 atom stereocenters. The molecule has 0 aliphatic heterocycles. The largest absolute Gasteiger partial charge is 0.394 e. The van der Waals surface area contributed by atoms with Crippen LogP contribution in [0.5, 0.6) is 0 Å². The molecule has 1 amide bonds. The molecule has 0 aromatic heterocycles. The van der Waals surface area contributed by atoms with Crippen LogP contribution in [0, 0.1) is 6.92 Å². The van der Waals surface area contributed by atoms with Crippen LogP contribution < -0.4 is 4.90 Å². The van der Waals surface area contributed by atoms with Gasteiger partial charge in [0.05, 0.1) is 18.3 Å². The predicted molar refractivity (Wildman–Crippen MR) is 90.4 cm³/mol. The van der Waals surface area contributed by atoms with E-state index >= 15 is 0 Å². The molecule has 2 aromatic carbocycles. The molecule has 1 unspecified atom stereocenters. The maximum atomic E-state index is 13.0. The molecule has 3 heteroatoms. The van der Waals surface area contributed by atoms with Gasteiger partial charge in [-0.25, -0.2) is 0 Å². The first kappa shape index (κ1) is 16.2. The molecule has 0 bridgehead atoms. The van der Waals surface area contributed by atoms with E-state index in [1.54, 1.807) is 4.90 Å². The summed E-state index contributed by atoms with van der Waals surface area (Å²) in [6, 6.07) is 15.0. The molecular formula is C19H23NO2. The molecule has 2 aromatic rings. The van der Waals surface area contributed by atoms with Gasteiger partial charge in [-0.15, -0.1) is 0 Å². The van der Waals surface area contributed by atoms with Gasteiger partial charge in [0, 0.05) is 5.56 Å².